The summed E-state index contributed by atoms with van der Waals surface area (Å²) >= 11 is 0. The van der Waals surface area contributed by atoms with Crippen LogP contribution in [-0.4, -0.2) is 16.8 Å². The molecule has 0 bridgehead atoms. The minimum absolute atomic E-state index is 0.301. The topological polar surface area (TPSA) is 79.1 Å². The van der Waals surface area contributed by atoms with Crippen molar-refractivity contribution in [2.45, 2.75) is 20.8 Å². The first kappa shape index (κ1) is 12.3. The van der Waals surface area contributed by atoms with Gasteiger partial charge in [0.1, 0.15) is 5.75 Å². The van der Waals surface area contributed by atoms with Crippen molar-refractivity contribution in [2.24, 2.45) is 0 Å². The van der Waals surface area contributed by atoms with Crippen molar-refractivity contribution < 1.29 is 4.74 Å². The summed E-state index contributed by atoms with van der Waals surface area (Å²) in [5.41, 5.74) is 10.8. The molecular formula is C13H18N4O. The van der Waals surface area contributed by atoms with E-state index in [1.807, 2.05) is 26.8 Å². The fourth-order valence-electron chi connectivity index (χ4n) is 2.18. The first-order valence-electron chi connectivity index (χ1n) is 5.70. The van der Waals surface area contributed by atoms with Crippen LogP contribution >= 0.6 is 0 Å². The number of anilines is 1. The summed E-state index contributed by atoms with van der Waals surface area (Å²) < 4.78 is 6.72. The van der Waals surface area contributed by atoms with Gasteiger partial charge >= 0.3 is 0 Å². The lowest BCUT2D eigenvalue weighted by Crippen LogP contribution is -2.09. The van der Waals surface area contributed by atoms with E-state index in [0.29, 0.717) is 5.95 Å². The monoisotopic (exact) mass is 246 g/mol. The molecule has 0 atom stereocenters. The Morgan fingerprint density at radius 3 is 2.39 bits per heavy atom. The van der Waals surface area contributed by atoms with Crippen LogP contribution in [0.25, 0.3) is 11.3 Å². The van der Waals surface area contributed by atoms with Crippen molar-refractivity contribution in [1.82, 2.24) is 9.66 Å². The minimum Gasteiger partial charge on any atom is -0.496 e. The van der Waals surface area contributed by atoms with Gasteiger partial charge in [-0.3, -0.25) is 0 Å². The number of nitrogens with two attached hydrogens (primary N) is 2. The fourth-order valence-corrected chi connectivity index (χ4v) is 2.18. The maximum absolute atomic E-state index is 5.66. The van der Waals surface area contributed by atoms with Crippen LogP contribution in [0.3, 0.4) is 0 Å². The highest BCUT2D eigenvalue weighted by atomic mass is 16.5. The number of hydrogen-bond donors (Lipinski definition) is 2. The molecule has 0 radical (unpaired) electrons. The lowest BCUT2D eigenvalue weighted by Gasteiger charge is -2.14. The molecule has 5 heteroatoms. The predicted octanol–water partition coefficient (Wildman–Crippen LogP) is 1.78. The highest BCUT2D eigenvalue weighted by Gasteiger charge is 2.14. The SMILES string of the molecule is COc1c(C)cc(-c2cn(N)c(N)n2)c(C)c1C. The Balaban J connectivity index is 2.66. The van der Waals surface area contributed by atoms with Crippen LogP contribution in [0.4, 0.5) is 5.95 Å². The summed E-state index contributed by atoms with van der Waals surface area (Å²) in [4.78, 5) is 4.25. The molecule has 0 fully saturated rings. The normalized spacial score (nSPS) is 10.7. The number of ether oxygens (including phenoxy) is 1. The van der Waals surface area contributed by atoms with Gasteiger partial charge in [-0.25, -0.2) is 9.66 Å². The number of benzene rings is 1. The van der Waals surface area contributed by atoms with Crippen LogP contribution in [0.1, 0.15) is 16.7 Å². The number of nitrogens with zero attached hydrogens (tertiary/aromatic N) is 2. The Morgan fingerprint density at radius 1 is 1.22 bits per heavy atom. The van der Waals surface area contributed by atoms with Gasteiger partial charge in [-0.15, -0.1) is 0 Å². The smallest absolute Gasteiger partial charge is 0.219 e. The van der Waals surface area contributed by atoms with Crippen LogP contribution in [0, 0.1) is 20.8 Å². The molecule has 1 aromatic carbocycles. The van der Waals surface area contributed by atoms with Crippen LogP contribution in [0.2, 0.25) is 0 Å². The predicted molar refractivity (Wildman–Crippen MR) is 73.0 cm³/mol. The van der Waals surface area contributed by atoms with Crippen molar-refractivity contribution in [3.8, 4) is 17.0 Å². The number of aromatic nitrogens is 2. The number of imidazole rings is 1. The molecule has 96 valence electrons. The Bertz CT molecular complexity index is 582. The molecule has 0 aliphatic heterocycles. The fraction of sp³-hybridized carbons (Fsp3) is 0.308. The molecule has 0 aliphatic rings. The van der Waals surface area contributed by atoms with Gasteiger partial charge in [-0.05, 0) is 43.5 Å². The highest BCUT2D eigenvalue weighted by molar-refractivity contribution is 5.69. The number of aryl methyl sites for hydroxylation is 1. The molecule has 0 spiro atoms. The Hall–Kier alpha value is -2.17. The van der Waals surface area contributed by atoms with Crippen molar-refractivity contribution in [3.05, 3.63) is 29.0 Å². The molecular weight excluding hydrogens is 228 g/mol. The number of rotatable bonds is 2. The Kier molecular flexibility index (Phi) is 2.90. The lowest BCUT2D eigenvalue weighted by molar-refractivity contribution is 0.408. The maximum Gasteiger partial charge on any atom is 0.219 e. The van der Waals surface area contributed by atoms with E-state index in [-0.39, 0.29) is 0 Å². The molecule has 2 rings (SSSR count). The zero-order chi connectivity index (χ0) is 13.4. The molecule has 0 aliphatic carbocycles. The summed E-state index contributed by atoms with van der Waals surface area (Å²) in [6.07, 6.45) is 1.73. The van der Waals surface area contributed by atoms with Crippen molar-refractivity contribution in [1.29, 1.82) is 0 Å². The number of hydrogen-bond acceptors (Lipinski definition) is 4. The summed E-state index contributed by atoms with van der Waals surface area (Å²) in [5.74, 6) is 6.88. The second kappa shape index (κ2) is 4.25. The van der Waals surface area contributed by atoms with E-state index in [9.17, 15) is 0 Å². The van der Waals surface area contributed by atoms with Gasteiger partial charge in [0.2, 0.25) is 5.95 Å². The van der Waals surface area contributed by atoms with E-state index in [1.54, 1.807) is 13.3 Å². The second-order valence-electron chi connectivity index (χ2n) is 4.42. The van der Waals surface area contributed by atoms with E-state index in [4.69, 9.17) is 16.3 Å². The summed E-state index contributed by atoms with van der Waals surface area (Å²) in [6, 6.07) is 2.04. The largest absolute Gasteiger partial charge is 0.496 e. The summed E-state index contributed by atoms with van der Waals surface area (Å²) in [7, 11) is 1.68. The quantitative estimate of drug-likeness (QED) is 0.792. The maximum atomic E-state index is 5.66. The second-order valence-corrected chi connectivity index (χ2v) is 4.42. The van der Waals surface area contributed by atoms with Gasteiger partial charge < -0.3 is 16.3 Å². The van der Waals surface area contributed by atoms with Gasteiger partial charge in [0.25, 0.3) is 0 Å². The summed E-state index contributed by atoms with van der Waals surface area (Å²) in [5, 5.41) is 0. The average Bonchev–Trinajstić information content (AvgIpc) is 2.65. The van der Waals surface area contributed by atoms with E-state index in [0.717, 1.165) is 33.7 Å². The molecule has 18 heavy (non-hydrogen) atoms. The third kappa shape index (κ3) is 1.77. The van der Waals surface area contributed by atoms with Crippen molar-refractivity contribution in [3.63, 3.8) is 0 Å². The molecule has 1 heterocycles. The zero-order valence-electron chi connectivity index (χ0n) is 11.1. The molecule has 5 nitrogen and oxygen atoms in total. The van der Waals surface area contributed by atoms with Gasteiger partial charge in [-0.1, -0.05) is 0 Å². The van der Waals surface area contributed by atoms with E-state index in [1.165, 1.54) is 4.68 Å². The third-order valence-electron chi connectivity index (χ3n) is 3.27. The third-order valence-corrected chi connectivity index (χ3v) is 3.27. The molecule has 0 unspecified atom stereocenters. The van der Waals surface area contributed by atoms with Crippen molar-refractivity contribution in [2.75, 3.05) is 18.7 Å². The molecule has 4 N–H and O–H groups in total. The van der Waals surface area contributed by atoms with Gasteiger partial charge in [0.15, 0.2) is 0 Å². The zero-order valence-corrected chi connectivity index (χ0v) is 11.1. The first-order valence-corrected chi connectivity index (χ1v) is 5.70. The van der Waals surface area contributed by atoms with Gasteiger partial charge in [-0.2, -0.15) is 0 Å². The highest BCUT2D eigenvalue weighted by Crippen LogP contribution is 2.33. The molecule has 1 aromatic heterocycles. The number of nitrogen functional groups attached to an aromatic ring is 2. The van der Waals surface area contributed by atoms with E-state index >= 15 is 0 Å². The molecule has 2 aromatic rings. The molecule has 0 saturated heterocycles. The first-order chi connectivity index (χ1) is 8.45. The van der Waals surface area contributed by atoms with Crippen LogP contribution < -0.4 is 16.3 Å². The van der Waals surface area contributed by atoms with Crippen molar-refractivity contribution >= 4 is 5.95 Å². The van der Waals surface area contributed by atoms with Gasteiger partial charge in [0.05, 0.1) is 19.0 Å². The molecule has 0 amide bonds. The van der Waals surface area contributed by atoms with Crippen LogP contribution in [-0.2, 0) is 0 Å². The van der Waals surface area contributed by atoms with E-state index in [2.05, 4.69) is 4.98 Å². The molecule has 0 saturated carbocycles. The van der Waals surface area contributed by atoms with Gasteiger partial charge in [0, 0.05) is 5.56 Å². The summed E-state index contributed by atoms with van der Waals surface area (Å²) in [6.45, 7) is 6.09. The Labute approximate surface area is 106 Å². The van der Waals surface area contributed by atoms with E-state index < -0.39 is 0 Å². The standard InChI is InChI=1S/C13H18N4O/c1-7-5-10(8(2)9(3)12(7)18-4)11-6-17(15)13(14)16-11/h5-6H,15H2,1-4H3,(H2,14,16). The Morgan fingerprint density at radius 2 is 1.89 bits per heavy atom. The number of methoxy groups -OCH3 is 1. The van der Waals surface area contributed by atoms with Crippen LogP contribution in [0.5, 0.6) is 5.75 Å². The van der Waals surface area contributed by atoms with Crippen LogP contribution in [0.15, 0.2) is 12.3 Å². The lowest BCUT2D eigenvalue weighted by atomic mass is 9.97. The average molecular weight is 246 g/mol. The minimum atomic E-state index is 0.301.